The molecule has 0 unspecified atom stereocenters. The van der Waals surface area contributed by atoms with E-state index in [1.54, 1.807) is 11.8 Å². The molecule has 0 saturated carbocycles. The van der Waals surface area contributed by atoms with Crippen molar-refractivity contribution in [1.82, 2.24) is 10.1 Å². The minimum atomic E-state index is -0.487. The Bertz CT molecular complexity index is 297. The van der Waals surface area contributed by atoms with Crippen LogP contribution in [0, 0.1) is 0 Å². The van der Waals surface area contributed by atoms with Crippen LogP contribution in [0.1, 0.15) is 26.6 Å². The Morgan fingerprint density at radius 3 is 2.67 bits per heavy atom. The van der Waals surface area contributed by atoms with Crippen LogP contribution >= 0.6 is 11.8 Å². The highest BCUT2D eigenvalue weighted by molar-refractivity contribution is 7.99. The van der Waals surface area contributed by atoms with Gasteiger partial charge in [-0.15, -0.1) is 11.8 Å². The molecule has 0 aliphatic carbocycles. The highest BCUT2D eigenvalue weighted by atomic mass is 32.2. The predicted molar refractivity (Wildman–Crippen MR) is 48.2 cm³/mol. The van der Waals surface area contributed by atoms with Crippen LogP contribution in [0.25, 0.3) is 0 Å². The van der Waals surface area contributed by atoms with Crippen molar-refractivity contribution in [3.05, 3.63) is 16.4 Å². The lowest BCUT2D eigenvalue weighted by Gasteiger charge is -2.15. The van der Waals surface area contributed by atoms with Crippen molar-refractivity contribution >= 4 is 11.8 Å². The Hall–Kier alpha value is -0.710. The number of hydrogen-bond donors (Lipinski definition) is 1. The zero-order valence-electron chi connectivity index (χ0n) is 7.38. The van der Waals surface area contributed by atoms with Gasteiger partial charge in [0.1, 0.15) is 0 Å². The van der Waals surface area contributed by atoms with Gasteiger partial charge < -0.3 is 0 Å². The van der Waals surface area contributed by atoms with Gasteiger partial charge in [-0.2, -0.15) is 0 Å². The largest absolute Gasteiger partial charge is 0.438 e. The quantitative estimate of drug-likeness (QED) is 0.762. The lowest BCUT2D eigenvalue weighted by atomic mass is 10.3. The summed E-state index contributed by atoms with van der Waals surface area (Å²) >= 11 is 1.71. The highest BCUT2D eigenvalue weighted by Gasteiger charge is 2.12. The third-order valence-corrected chi connectivity index (χ3v) is 2.41. The van der Waals surface area contributed by atoms with Gasteiger partial charge in [0.2, 0.25) is 0 Å². The van der Waals surface area contributed by atoms with E-state index in [1.165, 1.54) is 0 Å². The van der Waals surface area contributed by atoms with Crippen molar-refractivity contribution in [1.29, 1.82) is 0 Å². The van der Waals surface area contributed by atoms with Crippen LogP contribution in [-0.4, -0.2) is 14.9 Å². The van der Waals surface area contributed by atoms with E-state index in [1.807, 2.05) is 0 Å². The fourth-order valence-electron chi connectivity index (χ4n) is 0.607. The predicted octanol–water partition coefficient (Wildman–Crippen LogP) is 1.39. The smallest absolute Gasteiger partial charge is 0.296 e. The molecule has 0 amide bonds. The topological polar surface area (TPSA) is 58.9 Å². The molecule has 1 aromatic rings. The van der Waals surface area contributed by atoms with Gasteiger partial charge in [-0.05, 0) is 0 Å². The van der Waals surface area contributed by atoms with Crippen molar-refractivity contribution in [2.45, 2.75) is 31.3 Å². The van der Waals surface area contributed by atoms with Crippen LogP contribution in [0.3, 0.4) is 0 Å². The monoisotopic (exact) mass is 188 g/mol. The average molecular weight is 188 g/mol. The van der Waals surface area contributed by atoms with Gasteiger partial charge in [-0.1, -0.05) is 25.9 Å². The van der Waals surface area contributed by atoms with E-state index >= 15 is 0 Å². The third-order valence-electron chi connectivity index (χ3n) is 1.13. The van der Waals surface area contributed by atoms with Crippen LogP contribution in [0.2, 0.25) is 0 Å². The van der Waals surface area contributed by atoms with Crippen LogP contribution in [0.15, 0.2) is 9.32 Å². The van der Waals surface area contributed by atoms with Crippen molar-refractivity contribution in [3.63, 3.8) is 0 Å². The molecule has 5 heteroatoms. The van der Waals surface area contributed by atoms with Gasteiger partial charge in [0.25, 0.3) is 0 Å². The van der Waals surface area contributed by atoms with E-state index in [0.29, 0.717) is 11.6 Å². The second-order valence-electron chi connectivity index (χ2n) is 3.44. The SMILES string of the molecule is CC(C)(C)SCc1noc(=O)[nH]1. The van der Waals surface area contributed by atoms with Crippen LogP contribution < -0.4 is 5.76 Å². The summed E-state index contributed by atoms with van der Waals surface area (Å²) in [5.41, 5.74) is 0. The summed E-state index contributed by atoms with van der Waals surface area (Å²) in [7, 11) is 0. The molecule has 1 heterocycles. The number of rotatable bonds is 2. The summed E-state index contributed by atoms with van der Waals surface area (Å²) < 4.78 is 4.53. The molecule has 12 heavy (non-hydrogen) atoms. The lowest BCUT2D eigenvalue weighted by Crippen LogP contribution is -2.08. The molecule has 1 aromatic heterocycles. The van der Waals surface area contributed by atoms with Crippen LogP contribution in [0.4, 0.5) is 0 Å². The van der Waals surface area contributed by atoms with Gasteiger partial charge in [-0.3, -0.25) is 9.51 Å². The zero-order chi connectivity index (χ0) is 9.19. The first kappa shape index (κ1) is 9.38. The maximum atomic E-state index is 10.5. The normalized spacial score (nSPS) is 11.9. The van der Waals surface area contributed by atoms with Crippen molar-refractivity contribution < 1.29 is 4.52 Å². The summed E-state index contributed by atoms with van der Waals surface area (Å²) in [4.78, 5) is 13.0. The fraction of sp³-hybridized carbons (Fsp3) is 0.714. The fourth-order valence-corrected chi connectivity index (χ4v) is 1.30. The molecule has 0 radical (unpaired) electrons. The molecule has 0 spiro atoms. The number of hydrogen-bond acceptors (Lipinski definition) is 4. The Labute approximate surface area is 74.7 Å². The lowest BCUT2D eigenvalue weighted by molar-refractivity contribution is 0.383. The standard InChI is InChI=1S/C7H12N2O2S/c1-7(2,3)12-4-5-8-6(10)11-9-5/h4H2,1-3H3,(H,8,9,10). The Kier molecular flexibility index (Phi) is 2.62. The summed E-state index contributed by atoms with van der Waals surface area (Å²) in [5, 5.41) is 3.55. The first-order valence-electron chi connectivity index (χ1n) is 3.66. The van der Waals surface area contributed by atoms with Gasteiger partial charge in [-0.25, -0.2) is 4.79 Å². The molecule has 1 N–H and O–H groups in total. The Morgan fingerprint density at radius 1 is 1.58 bits per heavy atom. The molecule has 1 rings (SSSR count). The molecule has 0 fully saturated rings. The van der Waals surface area contributed by atoms with Gasteiger partial charge in [0.05, 0.1) is 5.75 Å². The van der Waals surface area contributed by atoms with Gasteiger partial charge >= 0.3 is 5.76 Å². The maximum absolute atomic E-state index is 10.5. The van der Waals surface area contributed by atoms with Crippen LogP contribution in [-0.2, 0) is 5.75 Å². The summed E-state index contributed by atoms with van der Waals surface area (Å²) in [6.45, 7) is 6.32. The first-order valence-corrected chi connectivity index (χ1v) is 4.65. The molecule has 0 atom stereocenters. The van der Waals surface area contributed by atoms with E-state index < -0.39 is 5.76 Å². The van der Waals surface area contributed by atoms with E-state index in [9.17, 15) is 4.79 Å². The molecular weight excluding hydrogens is 176 g/mol. The van der Waals surface area contributed by atoms with Crippen molar-refractivity contribution in [2.75, 3.05) is 0 Å². The Morgan fingerprint density at radius 2 is 2.25 bits per heavy atom. The Balaban J connectivity index is 2.49. The average Bonchev–Trinajstić information content (AvgIpc) is 2.30. The van der Waals surface area contributed by atoms with Crippen molar-refractivity contribution in [2.24, 2.45) is 0 Å². The molecule has 4 nitrogen and oxygen atoms in total. The van der Waals surface area contributed by atoms with Crippen molar-refractivity contribution in [3.8, 4) is 0 Å². The molecule has 68 valence electrons. The molecule has 0 saturated heterocycles. The summed E-state index contributed by atoms with van der Waals surface area (Å²) in [6.07, 6.45) is 0. The van der Waals surface area contributed by atoms with E-state index in [-0.39, 0.29) is 4.75 Å². The minimum Gasteiger partial charge on any atom is -0.296 e. The van der Waals surface area contributed by atoms with E-state index in [0.717, 1.165) is 0 Å². The molecule has 0 aromatic carbocycles. The number of nitrogens with zero attached hydrogens (tertiary/aromatic N) is 1. The summed E-state index contributed by atoms with van der Waals surface area (Å²) in [6, 6.07) is 0. The maximum Gasteiger partial charge on any atom is 0.438 e. The van der Waals surface area contributed by atoms with Crippen LogP contribution in [0.5, 0.6) is 0 Å². The first-order chi connectivity index (χ1) is 5.47. The molecular formula is C7H12N2O2S. The minimum absolute atomic E-state index is 0.176. The second-order valence-corrected chi connectivity index (χ2v) is 5.24. The number of nitrogens with one attached hydrogen (secondary N) is 1. The van der Waals surface area contributed by atoms with Gasteiger partial charge in [0, 0.05) is 4.75 Å². The molecule has 0 aliphatic rings. The van der Waals surface area contributed by atoms with Gasteiger partial charge in [0.15, 0.2) is 5.82 Å². The van der Waals surface area contributed by atoms with E-state index in [2.05, 4.69) is 35.4 Å². The molecule has 0 bridgehead atoms. The molecule has 0 aliphatic heterocycles. The number of aromatic nitrogens is 2. The highest BCUT2D eigenvalue weighted by Crippen LogP contribution is 2.25. The van der Waals surface area contributed by atoms with E-state index in [4.69, 9.17) is 0 Å². The summed E-state index contributed by atoms with van der Waals surface area (Å²) in [5.74, 6) is 0.786. The number of thioether (sulfide) groups is 1. The number of H-pyrrole nitrogens is 1. The number of aromatic amines is 1. The third kappa shape index (κ3) is 3.13. The zero-order valence-corrected chi connectivity index (χ0v) is 8.20. The second kappa shape index (κ2) is 3.35.